The maximum Gasteiger partial charge on any atom is 0.212 e. The highest BCUT2D eigenvalue weighted by atomic mass is 35.5. The van der Waals surface area contributed by atoms with Gasteiger partial charge in [0.05, 0.1) is 16.1 Å². The summed E-state index contributed by atoms with van der Waals surface area (Å²) in [6.45, 7) is 1.66. The van der Waals surface area contributed by atoms with Crippen molar-refractivity contribution in [2.24, 2.45) is 4.99 Å². The van der Waals surface area contributed by atoms with Gasteiger partial charge in [-0.3, -0.25) is 0 Å². The molecular weight excluding hydrogens is 376 g/mol. The zero-order chi connectivity index (χ0) is 19.3. The summed E-state index contributed by atoms with van der Waals surface area (Å²) in [4.78, 5) is 18.0. The van der Waals surface area contributed by atoms with Gasteiger partial charge >= 0.3 is 0 Å². The lowest BCUT2D eigenvalue weighted by atomic mass is 10.1. The number of H-pyrrole nitrogens is 1. The molecule has 1 aliphatic rings. The molecule has 8 nitrogen and oxygen atoms in total. The van der Waals surface area contributed by atoms with E-state index in [0.29, 0.717) is 16.7 Å². The second-order valence-electron chi connectivity index (χ2n) is 6.53. The zero-order valence-electron chi connectivity index (χ0n) is 15.1. The summed E-state index contributed by atoms with van der Waals surface area (Å²) in [6, 6.07) is 9.45. The van der Waals surface area contributed by atoms with Crippen molar-refractivity contribution in [1.29, 1.82) is 5.26 Å². The van der Waals surface area contributed by atoms with E-state index in [4.69, 9.17) is 16.9 Å². The first-order chi connectivity index (χ1) is 13.7. The van der Waals surface area contributed by atoms with Crippen LogP contribution in [0.25, 0.3) is 11.0 Å². The second kappa shape index (κ2) is 8.15. The van der Waals surface area contributed by atoms with Crippen LogP contribution in [0.4, 0.5) is 11.5 Å². The number of aliphatic imine (C=N–C) groups is 1. The van der Waals surface area contributed by atoms with Crippen LogP contribution < -0.4 is 15.5 Å². The molecule has 0 bridgehead atoms. The Morgan fingerprint density at radius 1 is 1.32 bits per heavy atom. The van der Waals surface area contributed by atoms with Gasteiger partial charge in [-0.25, -0.2) is 9.97 Å². The van der Waals surface area contributed by atoms with Crippen molar-refractivity contribution >= 4 is 40.1 Å². The third-order valence-electron chi connectivity index (χ3n) is 4.68. The quantitative estimate of drug-likeness (QED) is 0.358. The van der Waals surface area contributed by atoms with E-state index < -0.39 is 0 Å². The average molecular weight is 395 g/mol. The number of nitriles is 1. The number of hydrogen-bond donors (Lipinski definition) is 3. The zero-order valence-corrected chi connectivity index (χ0v) is 15.8. The summed E-state index contributed by atoms with van der Waals surface area (Å²) in [5.41, 5.74) is 1.52. The average Bonchev–Trinajstić information content (AvgIpc) is 3.19. The Bertz CT molecular complexity index is 1040. The molecule has 1 saturated heterocycles. The van der Waals surface area contributed by atoms with E-state index >= 15 is 0 Å². The minimum absolute atomic E-state index is 0.111. The van der Waals surface area contributed by atoms with Crippen LogP contribution >= 0.6 is 11.6 Å². The number of nitrogens with one attached hydrogen (secondary N) is 3. The molecule has 9 heteroatoms. The van der Waals surface area contributed by atoms with Gasteiger partial charge < -0.3 is 20.5 Å². The third kappa shape index (κ3) is 3.85. The van der Waals surface area contributed by atoms with Gasteiger partial charge in [-0.1, -0.05) is 23.7 Å². The fourth-order valence-corrected chi connectivity index (χ4v) is 3.61. The van der Waals surface area contributed by atoms with Gasteiger partial charge in [0.15, 0.2) is 0 Å². The molecular formula is C19H19ClN8. The molecule has 2 aromatic heterocycles. The van der Waals surface area contributed by atoms with Crippen LogP contribution in [0.2, 0.25) is 5.02 Å². The molecule has 1 unspecified atom stereocenters. The Hall–Kier alpha value is -3.31. The summed E-state index contributed by atoms with van der Waals surface area (Å²) in [5.74, 6) is 1.30. The topological polar surface area (TPSA) is 105 Å². The number of anilines is 2. The summed E-state index contributed by atoms with van der Waals surface area (Å²) in [5, 5.41) is 17.1. The Kier molecular flexibility index (Phi) is 5.26. The lowest BCUT2D eigenvalue weighted by Gasteiger charge is -2.34. The van der Waals surface area contributed by atoms with Crippen LogP contribution in [0.3, 0.4) is 0 Å². The van der Waals surface area contributed by atoms with E-state index in [1.54, 1.807) is 12.4 Å². The number of hydrogen-bond acceptors (Lipinski definition) is 5. The third-order valence-corrected chi connectivity index (χ3v) is 5.01. The number of aromatic nitrogens is 3. The van der Waals surface area contributed by atoms with Gasteiger partial charge in [0.2, 0.25) is 12.2 Å². The lowest BCUT2D eigenvalue weighted by Crippen LogP contribution is -2.49. The van der Waals surface area contributed by atoms with Gasteiger partial charge in [-0.15, -0.1) is 4.99 Å². The number of guanidine groups is 1. The molecule has 28 heavy (non-hydrogen) atoms. The molecule has 3 heterocycles. The maximum atomic E-state index is 9.06. The number of halogens is 1. The number of fused-ring (bicyclic) bond motifs is 1. The van der Waals surface area contributed by atoms with E-state index in [-0.39, 0.29) is 6.04 Å². The van der Waals surface area contributed by atoms with Crippen molar-refractivity contribution in [2.75, 3.05) is 23.3 Å². The fourth-order valence-electron chi connectivity index (χ4n) is 3.43. The Balaban J connectivity index is 1.49. The monoisotopic (exact) mass is 394 g/mol. The molecule has 0 radical (unpaired) electrons. The molecule has 0 amide bonds. The number of rotatable bonds is 3. The highest BCUT2D eigenvalue weighted by molar-refractivity contribution is 6.33. The lowest BCUT2D eigenvalue weighted by molar-refractivity contribution is 0.471. The van der Waals surface area contributed by atoms with Crippen molar-refractivity contribution in [3.8, 4) is 6.19 Å². The highest BCUT2D eigenvalue weighted by Gasteiger charge is 2.23. The molecule has 142 valence electrons. The number of nitrogens with zero attached hydrogens (tertiary/aromatic N) is 5. The number of piperidine rings is 1. The van der Waals surface area contributed by atoms with Gasteiger partial charge in [0.25, 0.3) is 0 Å². The molecule has 0 saturated carbocycles. The van der Waals surface area contributed by atoms with Crippen LogP contribution in [0.1, 0.15) is 12.8 Å². The highest BCUT2D eigenvalue weighted by Crippen LogP contribution is 2.25. The van der Waals surface area contributed by atoms with Crippen LogP contribution in [0.5, 0.6) is 0 Å². The van der Waals surface area contributed by atoms with Crippen LogP contribution in [0.15, 0.2) is 47.8 Å². The van der Waals surface area contributed by atoms with E-state index in [2.05, 4.69) is 35.5 Å². The van der Waals surface area contributed by atoms with E-state index in [9.17, 15) is 0 Å². The Morgan fingerprint density at radius 3 is 3.07 bits per heavy atom. The van der Waals surface area contributed by atoms with Crippen molar-refractivity contribution in [3.63, 3.8) is 0 Å². The molecule has 0 aliphatic carbocycles. The minimum Gasteiger partial charge on any atom is -0.354 e. The number of benzene rings is 1. The van der Waals surface area contributed by atoms with Gasteiger partial charge in [-0.05, 0) is 31.0 Å². The van der Waals surface area contributed by atoms with Gasteiger partial charge in [-0.2, -0.15) is 5.26 Å². The summed E-state index contributed by atoms with van der Waals surface area (Å²) in [6.07, 6.45) is 7.25. The van der Waals surface area contributed by atoms with Crippen LogP contribution in [-0.4, -0.2) is 40.0 Å². The van der Waals surface area contributed by atoms with Crippen molar-refractivity contribution in [2.45, 2.75) is 18.9 Å². The normalized spacial score (nSPS) is 17.4. The van der Waals surface area contributed by atoms with Crippen LogP contribution in [-0.2, 0) is 0 Å². The van der Waals surface area contributed by atoms with E-state index in [1.165, 1.54) is 0 Å². The standard InChI is InChI=1S/C19H19ClN8/c20-15-5-1-2-6-16(15)27-19(23-11-21)26-13-4-3-9-28(10-13)18-14-7-8-22-17(14)24-12-25-18/h1-2,5-8,12-13H,3-4,9-10H2,(H,22,24,25)(H2,23,26,27). The SMILES string of the molecule is N#CN=C(Nc1ccccc1Cl)NC1CCCN(c2ncnc3[nH]ccc23)C1. The fraction of sp³-hybridized carbons (Fsp3) is 0.263. The second-order valence-corrected chi connectivity index (χ2v) is 6.94. The predicted octanol–water partition coefficient (Wildman–Crippen LogP) is 3.12. The van der Waals surface area contributed by atoms with Crippen molar-refractivity contribution < 1.29 is 0 Å². The van der Waals surface area contributed by atoms with E-state index in [1.807, 2.05) is 36.7 Å². The first-order valence-electron chi connectivity index (χ1n) is 9.02. The summed E-state index contributed by atoms with van der Waals surface area (Å²) in [7, 11) is 0. The molecule has 0 spiro atoms. The van der Waals surface area contributed by atoms with Crippen LogP contribution in [0, 0.1) is 11.5 Å². The molecule has 1 atom stereocenters. The van der Waals surface area contributed by atoms with Crippen molar-refractivity contribution in [3.05, 3.63) is 47.9 Å². The molecule has 1 fully saturated rings. The largest absolute Gasteiger partial charge is 0.354 e. The smallest absolute Gasteiger partial charge is 0.212 e. The summed E-state index contributed by atoms with van der Waals surface area (Å²) < 4.78 is 0. The molecule has 1 aromatic carbocycles. The molecule has 3 aromatic rings. The number of para-hydroxylation sites is 1. The first-order valence-corrected chi connectivity index (χ1v) is 9.40. The molecule has 4 rings (SSSR count). The molecule has 1 aliphatic heterocycles. The van der Waals surface area contributed by atoms with Crippen molar-refractivity contribution in [1.82, 2.24) is 20.3 Å². The molecule has 3 N–H and O–H groups in total. The number of aromatic amines is 1. The predicted molar refractivity (Wildman–Crippen MR) is 110 cm³/mol. The first kappa shape index (κ1) is 18.1. The maximum absolute atomic E-state index is 9.06. The van der Waals surface area contributed by atoms with E-state index in [0.717, 1.165) is 42.8 Å². The van der Waals surface area contributed by atoms with Gasteiger partial charge in [0.1, 0.15) is 17.8 Å². The minimum atomic E-state index is 0.111. The summed E-state index contributed by atoms with van der Waals surface area (Å²) >= 11 is 6.21. The Morgan fingerprint density at radius 2 is 2.21 bits per heavy atom. The Labute approximate surface area is 167 Å². The van der Waals surface area contributed by atoms with Gasteiger partial charge in [0, 0.05) is 25.3 Å².